The minimum atomic E-state index is -0.389. The Morgan fingerprint density at radius 1 is 1.11 bits per heavy atom. The summed E-state index contributed by atoms with van der Waals surface area (Å²) in [6.45, 7) is 0.790. The fourth-order valence-corrected chi connectivity index (χ4v) is 3.57. The van der Waals surface area contributed by atoms with Crippen LogP contribution < -0.4 is 15.4 Å². The highest BCUT2D eigenvalue weighted by Crippen LogP contribution is 2.22. The monoisotopic (exact) mass is 369 g/mol. The molecule has 2 N–H and O–H groups in total. The van der Waals surface area contributed by atoms with Gasteiger partial charge in [-0.15, -0.1) is 0 Å². The summed E-state index contributed by atoms with van der Waals surface area (Å²) >= 11 is 0. The topological polar surface area (TPSA) is 70.7 Å². The van der Waals surface area contributed by atoms with Gasteiger partial charge in [-0.25, -0.2) is 4.79 Å². The van der Waals surface area contributed by atoms with Gasteiger partial charge in [0.05, 0.1) is 13.7 Å². The Morgan fingerprint density at radius 2 is 1.81 bits per heavy atom. The molecule has 1 saturated carbocycles. The first-order chi connectivity index (χ1) is 13.0. The zero-order valence-electron chi connectivity index (χ0n) is 16.0. The molecule has 0 radical (unpaired) electrons. The van der Waals surface area contributed by atoms with E-state index in [4.69, 9.17) is 4.74 Å². The maximum atomic E-state index is 12.1. The lowest BCUT2D eigenvalue weighted by atomic mass is 10.1. The molecule has 2 aromatic rings. The van der Waals surface area contributed by atoms with Gasteiger partial charge in [0.15, 0.2) is 0 Å². The van der Waals surface area contributed by atoms with Gasteiger partial charge in [0, 0.05) is 12.6 Å². The van der Waals surface area contributed by atoms with E-state index in [1.165, 1.54) is 0 Å². The molecule has 0 unspecified atom stereocenters. The van der Waals surface area contributed by atoms with Crippen molar-refractivity contribution in [3.8, 4) is 5.75 Å². The highest BCUT2D eigenvalue weighted by Gasteiger charge is 2.18. The Morgan fingerprint density at radius 3 is 2.56 bits per heavy atom. The van der Waals surface area contributed by atoms with Gasteiger partial charge in [0.2, 0.25) is 5.91 Å². The molecule has 3 amide bonds. The van der Waals surface area contributed by atoms with Crippen molar-refractivity contribution in [2.75, 3.05) is 20.7 Å². The number of benzene rings is 2. The molecule has 1 aliphatic rings. The molecule has 0 saturated heterocycles. The van der Waals surface area contributed by atoms with E-state index in [-0.39, 0.29) is 24.5 Å². The number of nitrogens with zero attached hydrogens (tertiary/aromatic N) is 1. The molecular weight excluding hydrogens is 342 g/mol. The van der Waals surface area contributed by atoms with Gasteiger partial charge < -0.3 is 10.1 Å². The van der Waals surface area contributed by atoms with Crippen molar-refractivity contribution in [2.24, 2.45) is 0 Å². The van der Waals surface area contributed by atoms with Crippen molar-refractivity contribution >= 4 is 22.7 Å². The summed E-state index contributed by atoms with van der Waals surface area (Å²) in [5, 5.41) is 7.52. The summed E-state index contributed by atoms with van der Waals surface area (Å²) < 4.78 is 5.25. The third-order valence-electron chi connectivity index (χ3n) is 4.92. The molecule has 144 valence electrons. The molecule has 1 aliphatic carbocycles. The van der Waals surface area contributed by atoms with Gasteiger partial charge in [-0.1, -0.05) is 31.0 Å². The molecule has 6 nitrogen and oxygen atoms in total. The second-order valence-corrected chi connectivity index (χ2v) is 7.22. The smallest absolute Gasteiger partial charge is 0.321 e. The molecule has 3 rings (SSSR count). The lowest BCUT2D eigenvalue weighted by molar-refractivity contribution is -0.121. The summed E-state index contributed by atoms with van der Waals surface area (Å²) in [6.07, 6.45) is 4.27. The maximum absolute atomic E-state index is 12.1. The first kappa shape index (κ1) is 19.2. The van der Waals surface area contributed by atoms with E-state index in [1.807, 2.05) is 36.2 Å². The predicted molar refractivity (Wildman–Crippen MR) is 106 cm³/mol. The highest BCUT2D eigenvalue weighted by molar-refractivity contribution is 5.95. The largest absolute Gasteiger partial charge is 0.497 e. The fraction of sp³-hybridized carbons (Fsp3) is 0.429. The zero-order chi connectivity index (χ0) is 19.2. The number of carbonyl (C=O) groups excluding carboxylic acids is 2. The zero-order valence-corrected chi connectivity index (χ0v) is 16.0. The number of hydrogen-bond acceptors (Lipinski definition) is 4. The Balaban J connectivity index is 1.50. The molecule has 27 heavy (non-hydrogen) atoms. The lowest BCUT2D eigenvalue weighted by Gasteiger charge is -2.17. The average Bonchev–Trinajstić information content (AvgIpc) is 3.13. The number of amides is 3. The first-order valence-electron chi connectivity index (χ1n) is 9.39. The number of rotatable bonds is 6. The number of urea groups is 1. The highest BCUT2D eigenvalue weighted by atomic mass is 16.5. The van der Waals surface area contributed by atoms with Crippen LogP contribution in [0.25, 0.3) is 10.8 Å². The Hall–Kier alpha value is -2.60. The number of fused-ring (bicyclic) bond motifs is 1. The van der Waals surface area contributed by atoms with E-state index in [2.05, 4.69) is 22.8 Å². The van der Waals surface area contributed by atoms with Crippen LogP contribution in [-0.4, -0.2) is 43.6 Å². The van der Waals surface area contributed by atoms with E-state index in [9.17, 15) is 9.59 Å². The van der Waals surface area contributed by atoms with Gasteiger partial charge in [-0.2, -0.15) is 0 Å². The number of likely N-dealkylation sites (N-methyl/N-ethyl adjacent to an activating group) is 1. The molecule has 0 atom stereocenters. The van der Waals surface area contributed by atoms with Crippen LogP contribution >= 0.6 is 0 Å². The molecule has 6 heteroatoms. The molecule has 0 aromatic heterocycles. The van der Waals surface area contributed by atoms with Crippen molar-refractivity contribution in [1.82, 2.24) is 15.5 Å². The SMILES string of the molecule is COc1ccc2cc(CN(C)CC(=O)NC(=O)NC3CCCC3)ccc2c1. The predicted octanol–water partition coefficient (Wildman–Crippen LogP) is 3.05. The number of carbonyl (C=O) groups is 2. The summed E-state index contributed by atoms with van der Waals surface area (Å²) in [5.74, 6) is 0.540. The molecule has 0 bridgehead atoms. The normalized spacial score (nSPS) is 14.5. The van der Waals surface area contributed by atoms with E-state index >= 15 is 0 Å². The number of ether oxygens (including phenoxy) is 1. The van der Waals surface area contributed by atoms with Crippen LogP contribution in [0.2, 0.25) is 0 Å². The number of nitrogens with one attached hydrogen (secondary N) is 2. The van der Waals surface area contributed by atoms with Crippen LogP contribution in [0.1, 0.15) is 31.2 Å². The van der Waals surface area contributed by atoms with Gasteiger partial charge in [0.1, 0.15) is 5.75 Å². The van der Waals surface area contributed by atoms with Crippen LogP contribution in [0, 0.1) is 0 Å². The summed E-state index contributed by atoms with van der Waals surface area (Å²) in [4.78, 5) is 25.9. The molecule has 0 spiro atoms. The van der Waals surface area contributed by atoms with E-state index < -0.39 is 0 Å². The molecule has 0 heterocycles. The van der Waals surface area contributed by atoms with Gasteiger partial charge in [-0.3, -0.25) is 15.0 Å². The van der Waals surface area contributed by atoms with Crippen molar-refractivity contribution < 1.29 is 14.3 Å². The molecule has 1 fully saturated rings. The molecule has 2 aromatic carbocycles. The number of imide groups is 1. The minimum Gasteiger partial charge on any atom is -0.497 e. The standard InChI is InChI=1S/C21H27N3O3/c1-24(14-20(25)23-21(26)22-18-5-3-4-6-18)13-15-7-8-17-12-19(27-2)10-9-16(17)11-15/h7-12,18H,3-6,13-14H2,1-2H3,(H2,22,23,25,26). The first-order valence-corrected chi connectivity index (χ1v) is 9.39. The van der Waals surface area contributed by atoms with Gasteiger partial charge in [-0.05, 0) is 54.4 Å². The Kier molecular flexibility index (Phi) is 6.29. The van der Waals surface area contributed by atoms with Gasteiger partial charge in [0.25, 0.3) is 0 Å². The molecular formula is C21H27N3O3. The summed E-state index contributed by atoms with van der Waals surface area (Å²) in [7, 11) is 3.52. The van der Waals surface area contributed by atoms with Crippen LogP contribution in [0.5, 0.6) is 5.75 Å². The van der Waals surface area contributed by atoms with Crippen molar-refractivity contribution in [3.63, 3.8) is 0 Å². The van der Waals surface area contributed by atoms with E-state index in [0.717, 1.165) is 47.8 Å². The number of methoxy groups -OCH3 is 1. The van der Waals surface area contributed by atoms with Crippen molar-refractivity contribution in [2.45, 2.75) is 38.3 Å². The summed E-state index contributed by atoms with van der Waals surface area (Å²) in [5.41, 5.74) is 1.11. The summed E-state index contributed by atoms with van der Waals surface area (Å²) in [6, 6.07) is 12.0. The van der Waals surface area contributed by atoms with E-state index in [1.54, 1.807) is 7.11 Å². The van der Waals surface area contributed by atoms with Crippen LogP contribution in [0.15, 0.2) is 36.4 Å². The fourth-order valence-electron chi connectivity index (χ4n) is 3.57. The van der Waals surface area contributed by atoms with Gasteiger partial charge >= 0.3 is 6.03 Å². The Bertz CT molecular complexity index is 815. The van der Waals surface area contributed by atoms with Crippen LogP contribution in [0.3, 0.4) is 0 Å². The third-order valence-corrected chi connectivity index (χ3v) is 4.92. The third kappa shape index (κ3) is 5.44. The number of hydrogen-bond donors (Lipinski definition) is 2. The van der Waals surface area contributed by atoms with Crippen LogP contribution in [-0.2, 0) is 11.3 Å². The average molecular weight is 369 g/mol. The quantitative estimate of drug-likeness (QED) is 0.821. The second kappa shape index (κ2) is 8.86. The Labute approximate surface area is 159 Å². The van der Waals surface area contributed by atoms with E-state index in [0.29, 0.717) is 6.54 Å². The maximum Gasteiger partial charge on any atom is 0.321 e. The minimum absolute atomic E-state index is 0.165. The van der Waals surface area contributed by atoms with Crippen molar-refractivity contribution in [3.05, 3.63) is 42.0 Å². The second-order valence-electron chi connectivity index (χ2n) is 7.22. The molecule has 0 aliphatic heterocycles. The lowest BCUT2D eigenvalue weighted by Crippen LogP contribution is -2.46. The van der Waals surface area contributed by atoms with Crippen molar-refractivity contribution in [1.29, 1.82) is 0 Å². The van der Waals surface area contributed by atoms with Crippen LogP contribution in [0.4, 0.5) is 4.79 Å².